The summed E-state index contributed by atoms with van der Waals surface area (Å²) in [5.74, 6) is -11.3. The van der Waals surface area contributed by atoms with Crippen LogP contribution in [0, 0.1) is 96.3 Å². The van der Waals surface area contributed by atoms with Crippen LogP contribution in [0.4, 0.5) is 63.1 Å². The average molecular weight is 1840 g/mol. The lowest BCUT2D eigenvalue weighted by Crippen LogP contribution is -2.11. The Morgan fingerprint density at radius 1 is 0.402 bits per heavy atom. The molecule has 24 nitrogen and oxygen atoms in total. The van der Waals surface area contributed by atoms with Crippen molar-refractivity contribution in [1.82, 2.24) is 39.5 Å². The largest absolute Gasteiger partial charge is 0.494 e. The summed E-state index contributed by atoms with van der Waals surface area (Å²) < 4.78 is 491. The Labute approximate surface area is 839 Å². The molecule has 0 fully saturated rings. The van der Waals surface area contributed by atoms with Crippen LogP contribution in [0.5, 0.6) is 23.0 Å². The maximum atomic E-state index is 14.5. The van der Waals surface area contributed by atoms with Crippen LogP contribution in [-0.2, 0) is 44.9 Å². The zero-order chi connectivity index (χ0) is 140. The smallest absolute Gasteiger partial charge is 0.159 e. The van der Waals surface area contributed by atoms with Crippen molar-refractivity contribution in [2.24, 2.45) is 0 Å². The first-order valence-electron chi connectivity index (χ1n) is 63.8. The molecule has 8 aromatic carbocycles. The van der Waals surface area contributed by atoms with Gasteiger partial charge < -0.3 is 59.8 Å². The minimum absolute atomic E-state index is 0.0216. The number of carbonyl (C=O) groups is 4. The number of aromatic nitrogens is 4. The second-order valence-electron chi connectivity index (χ2n) is 27.0. The number of ketones is 4. The Bertz CT molecular complexity index is 9260. The zero-order valence-corrected chi connectivity index (χ0v) is 71.8. The highest BCUT2D eigenvalue weighted by atomic mass is 19.1. The van der Waals surface area contributed by atoms with E-state index in [9.17, 15) is 57.8 Å². The zero-order valence-electron chi connectivity index (χ0n) is 123. The maximum absolute atomic E-state index is 14.5. The van der Waals surface area contributed by atoms with Crippen molar-refractivity contribution in [3.8, 4) is 47.3 Å². The summed E-state index contributed by atoms with van der Waals surface area (Å²) in [4.78, 5) is 71.0. The van der Waals surface area contributed by atoms with Crippen LogP contribution in [0.2, 0.25) is 0 Å². The number of allylic oxidation sites excluding steroid dienone is 4. The molecule has 0 amide bonds. The fraction of sp³-hybridized carbons (Fsp3) is 0.269. The Morgan fingerprint density at radius 2 is 0.667 bits per heavy atom. The molecule has 28 heteroatoms. The molecule has 0 unspecified atom stereocenters. The second-order valence-corrected chi connectivity index (χ2v) is 27.0. The van der Waals surface area contributed by atoms with Crippen LogP contribution >= 0.6 is 0 Å². The van der Waals surface area contributed by atoms with Gasteiger partial charge in [-0.05, 0) is 255 Å². The Hall–Kier alpha value is -15.0. The van der Waals surface area contributed by atoms with Crippen molar-refractivity contribution in [1.29, 1.82) is 21.0 Å². The van der Waals surface area contributed by atoms with Crippen molar-refractivity contribution in [3.63, 3.8) is 0 Å². The second kappa shape index (κ2) is 48.9. The van der Waals surface area contributed by atoms with E-state index in [2.05, 4.69) is 41.2 Å². The number of nitrogens with zero attached hydrogens (tertiary/aromatic N) is 12. The van der Waals surface area contributed by atoms with Crippen LogP contribution in [0.15, 0.2) is 194 Å². The lowest BCUT2D eigenvalue weighted by atomic mass is 10.0. The minimum atomic E-state index is -3.59. The highest BCUT2D eigenvalue weighted by Crippen LogP contribution is 2.40. The van der Waals surface area contributed by atoms with E-state index in [0.29, 0.717) is 28.0 Å². The van der Waals surface area contributed by atoms with Crippen molar-refractivity contribution in [2.75, 3.05) is 130 Å². The van der Waals surface area contributed by atoms with Gasteiger partial charge in [-0.1, -0.05) is 24.3 Å². The van der Waals surface area contributed by atoms with Crippen LogP contribution in [0.1, 0.15) is 164 Å². The van der Waals surface area contributed by atoms with Crippen LogP contribution < -0.4 is 40.2 Å². The topological polar surface area (TPSA) is 313 Å². The molecule has 4 aromatic heterocycles. The number of nitriles is 4. The average Bonchev–Trinajstić information content (AvgIpc) is 0.736. The van der Waals surface area contributed by atoms with E-state index in [-0.39, 0.29) is 109 Å². The lowest BCUT2D eigenvalue weighted by molar-refractivity contribution is -0.114. The van der Waals surface area contributed by atoms with Crippen LogP contribution in [0.25, 0.3) is 43.6 Å². The summed E-state index contributed by atoms with van der Waals surface area (Å²) in [6.07, 6.45) is -5.25. The molecule has 0 radical (unpaired) electrons. The fourth-order valence-corrected chi connectivity index (χ4v) is 10.9. The predicted octanol–water partition coefficient (Wildman–Crippen LogP) is 19.7. The SMILES string of the molecule is [2H]/C(=C\C([2H])([2H])N(C)C([2H])([2H])[2H])C(=O)Cc1c(OC([2H])([2H])C([2H])([2H])[2H])c([2H])c2nc([2H])c(C#N)c(Nc3c([2H])c([2H])c(F)c(C)c3[2H])c2c1[2H].[2H]/C(=C\C([2H])([2H])N(C)C([2H])([2H])[2H])C(=O)Cc1c(OC([2H])([2H])C)c([2H])c2nc([2H])c(C#N)c(Nc3c([2H])c([2H])c(F)c(C)c3[2H])c2c1[2H].[2H]/C(=C\C([2H])([2H])N(C)C([2H])([2H])[2H])C(=O)Cc1c(OCC)c([2H])c2nc([2H])c(C#N)c(Nc3c([2H])c([2H])c(F)c(C)c3[2H])c2c1[2H].[2H]/C(CN(C)C)=C(/[2H])C(=O)Cc1c(OCC)c([2H])c2nc([2H])c(C#N)c(Nc3c([2H])c([2H])c(F)c(C)c3[2H])c2c1[2H]. The molecule has 0 aliphatic rings. The van der Waals surface area contributed by atoms with Gasteiger partial charge in [0.2, 0.25) is 0 Å². The number of nitrogens with one attached hydrogen (secondary N) is 4. The van der Waals surface area contributed by atoms with E-state index in [4.69, 9.17) is 88.9 Å². The van der Waals surface area contributed by atoms with E-state index >= 15 is 0 Å². The number of benzene rings is 8. The number of carbonyl (C=O) groups excluding carboxylic acids is 4. The summed E-state index contributed by atoms with van der Waals surface area (Å²) in [6.45, 7) is -18.2. The van der Waals surface area contributed by atoms with Crippen molar-refractivity contribution in [3.05, 3.63) is 284 Å². The number of anilines is 8. The first-order chi connectivity index (χ1) is 83.8. The number of hydrogen-bond donors (Lipinski definition) is 4. The van der Waals surface area contributed by atoms with Gasteiger partial charge in [0.1, 0.15) is 70.5 Å². The van der Waals surface area contributed by atoms with Gasteiger partial charge in [0, 0.05) is 192 Å². The van der Waals surface area contributed by atoms with Gasteiger partial charge in [0.25, 0.3) is 0 Å². The molecule has 0 aliphatic heterocycles. The molecule has 0 atom stereocenters. The summed E-state index contributed by atoms with van der Waals surface area (Å²) in [5.41, 5.74) is -10.6. The van der Waals surface area contributed by atoms with Crippen molar-refractivity contribution in [2.45, 2.75) is 81.0 Å². The quantitative estimate of drug-likeness (QED) is 0.0209. The van der Waals surface area contributed by atoms with Gasteiger partial charge in [-0.25, -0.2) is 17.6 Å². The predicted molar refractivity (Wildman–Crippen MR) is 514 cm³/mol. The van der Waals surface area contributed by atoms with Crippen LogP contribution in [0.3, 0.4) is 0 Å². The molecule has 4 N–H and O–H groups in total. The van der Waals surface area contributed by atoms with Gasteiger partial charge in [0.15, 0.2) is 23.1 Å². The standard InChI is InChI=1S/4C26H27FN4O2/c4*1-5-33-25-14-24-22(13-18(25)12-21(32)7-6-10-31(3)4)26(19(15-28)16-29-24)30-20-8-9-23(27)17(2)11-20/h4*6-9,11,13-14,16H,5,10,12H2,1-4H3,(H,29,30)/b4*7-6+/i1D3,3D3,5D2,7D,8D,9D,10D2,11D,13D,14D,16D;3D3,5D2,7D,8D,9D,10D2,11D,13D,14D,16D;3D3,7D,8D,9D,10D2,11D,13D,14D,16D;6D,7D,8D,9D,11D,13D,14D,16D. The minimum Gasteiger partial charge on any atom is -0.494 e. The van der Waals surface area contributed by atoms with Gasteiger partial charge in [-0.3, -0.25) is 39.1 Å². The molecule has 132 heavy (non-hydrogen) atoms. The summed E-state index contributed by atoms with van der Waals surface area (Å²) >= 11 is 0. The number of fused-ring (bicyclic) bond motifs is 4. The maximum Gasteiger partial charge on any atom is 0.159 e. The Kier molecular flexibility index (Phi) is 18.8. The van der Waals surface area contributed by atoms with Gasteiger partial charge in [-0.15, -0.1) is 0 Å². The van der Waals surface area contributed by atoms with Gasteiger partial charge in [0.05, 0.1) is 139 Å². The molecule has 0 bridgehead atoms. The first-order valence-corrected chi connectivity index (χ1v) is 38.3. The molecule has 0 spiro atoms. The van der Waals surface area contributed by atoms with E-state index in [1.165, 1.54) is 20.8 Å². The summed E-state index contributed by atoms with van der Waals surface area (Å²) in [5, 5.41) is 48.3. The summed E-state index contributed by atoms with van der Waals surface area (Å²) in [6, 6.07) is -11.5. The molecule has 0 aliphatic carbocycles. The molecule has 0 saturated carbocycles. The van der Waals surface area contributed by atoms with Gasteiger partial charge >= 0.3 is 0 Å². The van der Waals surface area contributed by atoms with Crippen LogP contribution in [-0.4, -0.2) is 171 Å². The monoisotopic (exact) mass is 1840 g/mol. The molecule has 680 valence electrons. The normalized spacial score (nSPS) is 18.0. The molecular weight excluding hydrogens is 1680 g/mol. The number of hydrogen-bond acceptors (Lipinski definition) is 24. The third-order valence-corrected chi connectivity index (χ3v) is 16.8. The summed E-state index contributed by atoms with van der Waals surface area (Å²) in [7, 11) is 6.04. The molecular formula is C104H108F4N16O8. The highest BCUT2D eigenvalue weighted by molar-refractivity contribution is 6.03. The third kappa shape index (κ3) is 28.5. The first kappa shape index (κ1) is 50.8. The number of pyridine rings is 4. The molecule has 0 saturated heterocycles. The molecule has 12 rings (SSSR count). The number of halogens is 4. The Balaban J connectivity index is 0.000000266. The highest BCUT2D eigenvalue weighted by Gasteiger charge is 2.23. The van der Waals surface area contributed by atoms with Gasteiger partial charge in [-0.2, -0.15) is 21.0 Å². The van der Waals surface area contributed by atoms with Crippen molar-refractivity contribution >= 4 is 112 Å². The third-order valence-electron chi connectivity index (χ3n) is 16.8. The van der Waals surface area contributed by atoms with E-state index in [1.54, 1.807) is 57.1 Å². The van der Waals surface area contributed by atoms with E-state index in [1.807, 2.05) is 0 Å². The number of rotatable bonds is 36. The fourth-order valence-electron chi connectivity index (χ4n) is 10.9. The van der Waals surface area contributed by atoms with Crippen molar-refractivity contribution < 1.29 is 126 Å². The molecule has 4 heterocycles. The van der Waals surface area contributed by atoms with E-state index < -0.39 is 403 Å². The number of ether oxygens (including phenoxy) is 4. The number of likely N-dealkylation sites (N-methyl/N-ethyl adjacent to an activating group) is 4. The molecule has 12 aromatic rings. The van der Waals surface area contributed by atoms with E-state index in [0.717, 1.165) is 35.0 Å². The lowest BCUT2D eigenvalue weighted by Gasteiger charge is -2.15. The Morgan fingerprint density at radius 3 is 0.909 bits per heavy atom.